The maximum atomic E-state index is 5.50. The number of furan rings is 1. The third-order valence-electron chi connectivity index (χ3n) is 4.48. The molecule has 0 amide bonds. The van der Waals surface area contributed by atoms with Crippen LogP contribution in [0.2, 0.25) is 0 Å². The van der Waals surface area contributed by atoms with Crippen LogP contribution >= 0.6 is 12.2 Å². The third kappa shape index (κ3) is 2.99. The first-order valence-electron chi connectivity index (χ1n) is 7.58. The lowest BCUT2D eigenvalue weighted by Crippen LogP contribution is -2.51. The van der Waals surface area contributed by atoms with Gasteiger partial charge in [-0.2, -0.15) is 0 Å². The Hall–Kier alpha value is -1.07. The first-order valence-corrected chi connectivity index (χ1v) is 7.99. The van der Waals surface area contributed by atoms with Crippen LogP contribution in [-0.2, 0) is 6.54 Å². The second-order valence-corrected chi connectivity index (χ2v) is 6.22. The highest BCUT2D eigenvalue weighted by Gasteiger charge is 2.40. The van der Waals surface area contributed by atoms with Gasteiger partial charge in [0, 0.05) is 24.7 Å². The van der Waals surface area contributed by atoms with Crippen molar-refractivity contribution in [2.45, 2.75) is 57.3 Å². The van der Waals surface area contributed by atoms with Crippen molar-refractivity contribution in [3.63, 3.8) is 0 Å². The van der Waals surface area contributed by atoms with Crippen molar-refractivity contribution in [3.05, 3.63) is 24.2 Å². The molecule has 0 radical (unpaired) electrons. The monoisotopic (exact) mass is 293 g/mol. The molecule has 5 heteroatoms. The lowest BCUT2D eigenvalue weighted by Gasteiger charge is -2.39. The lowest BCUT2D eigenvalue weighted by atomic mass is 9.97. The van der Waals surface area contributed by atoms with Crippen molar-refractivity contribution < 1.29 is 4.42 Å². The Labute approximate surface area is 125 Å². The highest BCUT2D eigenvalue weighted by molar-refractivity contribution is 7.80. The molecule has 3 rings (SSSR count). The SMILES string of the molecule is CCNC(=S)NC1CC2CCC(C1)N2Cc1ccco1. The highest BCUT2D eigenvalue weighted by atomic mass is 32.1. The Bertz CT molecular complexity index is 434. The molecule has 2 N–H and O–H groups in total. The van der Waals surface area contributed by atoms with Crippen molar-refractivity contribution in [1.82, 2.24) is 15.5 Å². The molecule has 2 aliphatic rings. The second-order valence-electron chi connectivity index (χ2n) is 5.81. The van der Waals surface area contributed by atoms with Gasteiger partial charge in [0.2, 0.25) is 0 Å². The average Bonchev–Trinajstić information content (AvgIpc) is 2.99. The predicted octanol–water partition coefficient (Wildman–Crippen LogP) is 2.26. The molecule has 1 aromatic rings. The number of fused-ring (bicyclic) bond motifs is 2. The minimum absolute atomic E-state index is 0.520. The van der Waals surface area contributed by atoms with Gasteiger partial charge < -0.3 is 15.1 Å². The molecule has 0 aromatic carbocycles. The van der Waals surface area contributed by atoms with Gasteiger partial charge in [0.25, 0.3) is 0 Å². The van der Waals surface area contributed by atoms with Gasteiger partial charge in [0.05, 0.1) is 12.8 Å². The largest absolute Gasteiger partial charge is 0.468 e. The quantitative estimate of drug-likeness (QED) is 0.833. The van der Waals surface area contributed by atoms with Gasteiger partial charge in [0.1, 0.15) is 5.76 Å². The molecule has 3 heterocycles. The van der Waals surface area contributed by atoms with E-state index in [9.17, 15) is 0 Å². The van der Waals surface area contributed by atoms with Gasteiger partial charge in [-0.1, -0.05) is 0 Å². The summed E-state index contributed by atoms with van der Waals surface area (Å²) in [4.78, 5) is 2.62. The van der Waals surface area contributed by atoms with E-state index in [1.54, 1.807) is 6.26 Å². The van der Waals surface area contributed by atoms with Crippen LogP contribution in [-0.4, -0.2) is 34.7 Å². The first kappa shape index (κ1) is 13.9. The second kappa shape index (κ2) is 6.14. The summed E-state index contributed by atoms with van der Waals surface area (Å²) in [6.45, 7) is 3.91. The minimum atomic E-state index is 0.520. The minimum Gasteiger partial charge on any atom is -0.468 e. The standard InChI is InChI=1S/C15H23N3OS/c1-2-16-15(20)17-11-8-12-5-6-13(9-11)18(12)10-14-4-3-7-19-14/h3-4,7,11-13H,2,5-6,8-10H2,1H3,(H2,16,17,20). The zero-order chi connectivity index (χ0) is 13.9. The maximum absolute atomic E-state index is 5.50. The summed E-state index contributed by atoms with van der Waals surface area (Å²) in [6, 6.07) is 5.90. The Morgan fingerprint density at radius 1 is 1.40 bits per heavy atom. The summed E-state index contributed by atoms with van der Waals surface area (Å²) in [6.07, 6.45) is 6.74. The highest BCUT2D eigenvalue weighted by Crippen LogP contribution is 2.36. The molecule has 1 aromatic heterocycles. The number of hydrogen-bond donors (Lipinski definition) is 2. The number of thiocarbonyl (C=S) groups is 1. The van der Waals surface area contributed by atoms with Crippen LogP contribution in [0.4, 0.5) is 0 Å². The van der Waals surface area contributed by atoms with Gasteiger partial charge >= 0.3 is 0 Å². The lowest BCUT2D eigenvalue weighted by molar-refractivity contribution is 0.106. The normalized spacial score (nSPS) is 29.4. The van der Waals surface area contributed by atoms with Crippen molar-refractivity contribution >= 4 is 17.3 Å². The molecule has 20 heavy (non-hydrogen) atoms. The first-order chi connectivity index (χ1) is 9.76. The van der Waals surface area contributed by atoms with Crippen LogP contribution in [0.15, 0.2) is 22.8 Å². The maximum Gasteiger partial charge on any atom is 0.166 e. The Morgan fingerprint density at radius 2 is 2.15 bits per heavy atom. The van der Waals surface area contributed by atoms with Gasteiger partial charge in [-0.05, 0) is 57.0 Å². The molecule has 2 unspecified atom stereocenters. The summed E-state index contributed by atoms with van der Waals surface area (Å²) >= 11 is 5.30. The molecule has 2 aliphatic heterocycles. The fraction of sp³-hybridized carbons (Fsp3) is 0.667. The van der Waals surface area contributed by atoms with E-state index in [0.29, 0.717) is 18.1 Å². The van der Waals surface area contributed by atoms with Crippen LogP contribution in [0.3, 0.4) is 0 Å². The van der Waals surface area contributed by atoms with E-state index < -0.39 is 0 Å². The van der Waals surface area contributed by atoms with Crippen LogP contribution < -0.4 is 10.6 Å². The van der Waals surface area contributed by atoms with E-state index in [-0.39, 0.29) is 0 Å². The van der Waals surface area contributed by atoms with E-state index in [0.717, 1.165) is 24.0 Å². The van der Waals surface area contributed by atoms with Gasteiger partial charge in [-0.15, -0.1) is 0 Å². The summed E-state index contributed by atoms with van der Waals surface area (Å²) in [7, 11) is 0. The van der Waals surface area contributed by atoms with Crippen LogP contribution in [0.25, 0.3) is 0 Å². The van der Waals surface area contributed by atoms with Crippen molar-refractivity contribution in [3.8, 4) is 0 Å². The van der Waals surface area contributed by atoms with Crippen LogP contribution in [0.1, 0.15) is 38.4 Å². The topological polar surface area (TPSA) is 40.4 Å². The smallest absolute Gasteiger partial charge is 0.166 e. The van der Waals surface area contributed by atoms with E-state index in [1.807, 2.05) is 6.07 Å². The fourth-order valence-electron chi connectivity index (χ4n) is 3.63. The Balaban J connectivity index is 1.57. The molecule has 0 aliphatic carbocycles. The fourth-order valence-corrected chi connectivity index (χ4v) is 3.94. The van der Waals surface area contributed by atoms with Gasteiger partial charge in [-0.25, -0.2) is 0 Å². The van der Waals surface area contributed by atoms with Crippen molar-refractivity contribution in [2.75, 3.05) is 6.54 Å². The van der Waals surface area contributed by atoms with Gasteiger partial charge in [-0.3, -0.25) is 4.90 Å². The average molecular weight is 293 g/mol. The van der Waals surface area contributed by atoms with E-state index in [1.165, 1.54) is 25.7 Å². The number of piperidine rings is 1. The van der Waals surface area contributed by atoms with Crippen molar-refractivity contribution in [1.29, 1.82) is 0 Å². The Morgan fingerprint density at radius 3 is 2.75 bits per heavy atom. The van der Waals surface area contributed by atoms with E-state index in [2.05, 4.69) is 28.5 Å². The van der Waals surface area contributed by atoms with E-state index >= 15 is 0 Å². The van der Waals surface area contributed by atoms with Gasteiger partial charge in [0.15, 0.2) is 5.11 Å². The molecule has 4 nitrogen and oxygen atoms in total. The molecule has 2 fully saturated rings. The molecular weight excluding hydrogens is 270 g/mol. The summed E-state index contributed by atoms with van der Waals surface area (Å²) in [5.41, 5.74) is 0. The zero-order valence-electron chi connectivity index (χ0n) is 12.0. The summed E-state index contributed by atoms with van der Waals surface area (Å²) < 4.78 is 5.50. The molecule has 2 atom stereocenters. The number of nitrogens with one attached hydrogen (secondary N) is 2. The molecule has 2 bridgehead atoms. The Kier molecular flexibility index (Phi) is 4.27. The van der Waals surface area contributed by atoms with Crippen molar-refractivity contribution in [2.24, 2.45) is 0 Å². The van der Waals surface area contributed by atoms with E-state index in [4.69, 9.17) is 16.6 Å². The number of nitrogens with zero attached hydrogens (tertiary/aromatic N) is 1. The number of hydrogen-bond acceptors (Lipinski definition) is 3. The summed E-state index contributed by atoms with van der Waals surface area (Å²) in [5, 5.41) is 7.45. The third-order valence-corrected chi connectivity index (χ3v) is 4.74. The molecule has 0 spiro atoms. The van der Waals surface area contributed by atoms with Crippen LogP contribution in [0.5, 0.6) is 0 Å². The van der Waals surface area contributed by atoms with Crippen LogP contribution in [0, 0.1) is 0 Å². The molecular formula is C15H23N3OS. The molecule has 0 saturated carbocycles. The molecule has 2 saturated heterocycles. The number of rotatable bonds is 4. The summed E-state index contributed by atoms with van der Waals surface area (Å²) in [5.74, 6) is 1.08. The molecule has 110 valence electrons. The predicted molar refractivity (Wildman–Crippen MR) is 83.5 cm³/mol. The zero-order valence-corrected chi connectivity index (χ0v) is 12.8.